The summed E-state index contributed by atoms with van der Waals surface area (Å²) in [7, 11) is 0. The summed E-state index contributed by atoms with van der Waals surface area (Å²) in [6.45, 7) is 24.6. The van der Waals surface area contributed by atoms with Crippen molar-refractivity contribution in [2.45, 2.75) is 147 Å². The Morgan fingerprint density at radius 3 is 0.710 bits per heavy atom. The Bertz CT molecular complexity index is 2750. The molecule has 0 saturated carbocycles. The van der Waals surface area contributed by atoms with Gasteiger partial charge >= 0.3 is 0 Å². The van der Waals surface area contributed by atoms with Crippen molar-refractivity contribution in [1.82, 2.24) is 0 Å². The van der Waals surface area contributed by atoms with E-state index in [0.717, 1.165) is 85.5 Å². The molecule has 0 aliphatic carbocycles. The Hall–Kier alpha value is 1.14. The molecule has 0 fully saturated rings. The predicted molar refractivity (Wildman–Crippen MR) is 293 cm³/mol. The van der Waals surface area contributed by atoms with Gasteiger partial charge in [-0.1, -0.05) is 151 Å². The van der Waals surface area contributed by atoms with Gasteiger partial charge in [0, 0.05) is 251 Å². The van der Waals surface area contributed by atoms with Crippen LogP contribution in [0.25, 0.3) is 87.8 Å². The maximum atomic E-state index is 6.04. The summed E-state index contributed by atoms with van der Waals surface area (Å²) < 4.78 is 24.1. The molecule has 6 radical (unpaired) electrons. The SMILES string of the molecule is C.C.C.C.C.C.CC.CC.CC.CC.CCc1ccc2oc3cc4oc5ccc(C)cc5c4cc3c2c1.CCc1ccc2oc3cc4oc5ccc(CC)cc5c4cc3c2c1.[CH3-].[CH3-].[Y].[Y].[Y].[Y].[Y].[Y]. The Balaban J connectivity index is -0.0000000936. The second-order valence-electron chi connectivity index (χ2n) is 12.6. The first-order valence-corrected chi connectivity index (χ1v) is 20.6. The van der Waals surface area contributed by atoms with Crippen LogP contribution in [0, 0.1) is 21.8 Å². The smallest absolute Gasteiger partial charge is 0.139 e. The van der Waals surface area contributed by atoms with E-state index in [1.165, 1.54) is 43.8 Å². The van der Waals surface area contributed by atoms with Crippen LogP contribution in [-0.4, -0.2) is 0 Å². The van der Waals surface area contributed by atoms with Crippen molar-refractivity contribution in [2.24, 2.45) is 0 Å². The van der Waals surface area contributed by atoms with Crippen molar-refractivity contribution in [3.05, 3.63) is 134 Å². The number of furan rings is 4. The maximum absolute atomic E-state index is 6.04. The molecular formula is C59H88O4Y6-2. The van der Waals surface area contributed by atoms with Gasteiger partial charge in [-0.15, -0.1) is 0 Å². The minimum absolute atomic E-state index is 0. The monoisotopic (exact) mass is 1390 g/mol. The summed E-state index contributed by atoms with van der Waals surface area (Å²) in [5.41, 5.74) is 12.5. The molecule has 69 heavy (non-hydrogen) atoms. The average molecular weight is 1390 g/mol. The predicted octanol–water partition coefficient (Wildman–Crippen LogP) is 21.8. The van der Waals surface area contributed by atoms with E-state index in [9.17, 15) is 0 Å². The third-order valence-electron chi connectivity index (χ3n) is 9.70. The van der Waals surface area contributed by atoms with E-state index in [1.807, 2.05) is 73.6 Å². The van der Waals surface area contributed by atoms with E-state index in [1.54, 1.807) is 0 Å². The van der Waals surface area contributed by atoms with Crippen molar-refractivity contribution in [1.29, 1.82) is 0 Å². The van der Waals surface area contributed by atoms with Gasteiger partial charge in [-0.25, -0.2) is 0 Å². The van der Waals surface area contributed by atoms with Gasteiger partial charge in [0.2, 0.25) is 0 Å². The molecule has 6 aromatic carbocycles. The minimum Gasteiger partial charge on any atom is -0.456 e. The molecule has 0 atom stereocenters. The number of fused-ring (bicyclic) bond motifs is 12. The number of aryl methyl sites for hydroxylation is 4. The van der Waals surface area contributed by atoms with Gasteiger partial charge in [-0.2, -0.15) is 0 Å². The summed E-state index contributed by atoms with van der Waals surface area (Å²) in [4.78, 5) is 0. The number of benzene rings is 6. The zero-order valence-corrected chi connectivity index (χ0v) is 57.5. The summed E-state index contributed by atoms with van der Waals surface area (Å²) in [6.07, 6.45) is 3.08. The summed E-state index contributed by atoms with van der Waals surface area (Å²) in [6, 6.07) is 34.1. The van der Waals surface area contributed by atoms with Crippen molar-refractivity contribution in [3.8, 4) is 0 Å². The van der Waals surface area contributed by atoms with Gasteiger partial charge < -0.3 is 32.5 Å². The molecule has 0 amide bonds. The second kappa shape index (κ2) is 45.3. The van der Waals surface area contributed by atoms with Gasteiger partial charge in [0.15, 0.2) is 0 Å². The van der Waals surface area contributed by atoms with Gasteiger partial charge in [0.1, 0.15) is 44.7 Å². The molecule has 0 aliphatic rings. The van der Waals surface area contributed by atoms with Crippen LogP contribution < -0.4 is 0 Å². The first-order chi connectivity index (χ1) is 27.0. The van der Waals surface area contributed by atoms with Crippen molar-refractivity contribution < 1.29 is 214 Å². The van der Waals surface area contributed by atoms with Crippen molar-refractivity contribution >= 4 is 87.8 Å². The zero-order chi connectivity index (χ0) is 39.8. The normalized spacial score (nSPS) is 8.58. The average Bonchev–Trinajstić information content (AvgIpc) is 4.00. The Morgan fingerprint density at radius 2 is 0.478 bits per heavy atom. The molecule has 0 unspecified atom stereocenters. The molecule has 0 N–H and O–H groups in total. The fraction of sp³-hybridized carbons (Fsp3) is 0.356. The van der Waals surface area contributed by atoms with Crippen molar-refractivity contribution in [3.63, 3.8) is 0 Å². The van der Waals surface area contributed by atoms with Crippen LogP contribution >= 0.6 is 0 Å². The molecule has 0 saturated heterocycles. The van der Waals surface area contributed by atoms with Crippen LogP contribution in [0.1, 0.15) is 143 Å². The number of hydrogen-bond acceptors (Lipinski definition) is 4. The molecule has 4 heterocycles. The molecule has 0 bridgehead atoms. The van der Waals surface area contributed by atoms with E-state index < -0.39 is 0 Å². The van der Waals surface area contributed by atoms with Gasteiger partial charge in [-0.3, -0.25) is 0 Å². The van der Waals surface area contributed by atoms with E-state index in [-0.39, 0.29) is 256 Å². The molecule has 10 rings (SSSR count). The standard InChI is InChI=1S/C22H18O2.C21H16O2.4C2H6.6CH4.2CH3.6Y/c1-3-13-5-7-19-15(9-13)17-11-18-16-10-14(4-2)6-8-20(16)24-22(18)12-21(17)23-19;1-3-13-5-7-19-15(9-13)17-10-16-14-8-12(2)4-6-18(14)22-20(16)11-21(17)23-19;4*1-2;;;;;;;;;;;;;;/h5-12H,3-4H2,1-2H3;4-11H,3H2,1-2H3;4*1-2H3;6*1H4;2*1H3;;;;;;/q;;;;;;;;;;;;2*-1;;;;;;. The molecule has 368 valence electrons. The summed E-state index contributed by atoms with van der Waals surface area (Å²) in [5, 5.41) is 9.37. The fourth-order valence-electron chi connectivity index (χ4n) is 7.01. The van der Waals surface area contributed by atoms with Crippen LogP contribution in [0.2, 0.25) is 0 Å². The van der Waals surface area contributed by atoms with Crippen molar-refractivity contribution in [2.75, 3.05) is 0 Å². The summed E-state index contributed by atoms with van der Waals surface area (Å²) >= 11 is 0. The number of hydrogen-bond donors (Lipinski definition) is 0. The Kier molecular flexibility index (Phi) is 60.9. The first kappa shape index (κ1) is 92.7. The van der Waals surface area contributed by atoms with Crippen LogP contribution in [-0.2, 0) is 216 Å². The third-order valence-corrected chi connectivity index (χ3v) is 9.70. The molecular weight excluding hydrogens is 1310 g/mol. The van der Waals surface area contributed by atoms with Gasteiger partial charge in [0.25, 0.3) is 0 Å². The third kappa shape index (κ3) is 20.6. The van der Waals surface area contributed by atoms with E-state index >= 15 is 0 Å². The quantitative estimate of drug-likeness (QED) is 0.165. The maximum Gasteiger partial charge on any atom is 0.139 e. The van der Waals surface area contributed by atoms with E-state index in [4.69, 9.17) is 17.7 Å². The Morgan fingerprint density at radius 1 is 0.275 bits per heavy atom. The largest absolute Gasteiger partial charge is 0.456 e. The van der Waals surface area contributed by atoms with Crippen LogP contribution in [0.5, 0.6) is 0 Å². The molecule has 10 aromatic rings. The molecule has 10 heteroatoms. The molecule has 4 aromatic heterocycles. The van der Waals surface area contributed by atoms with Crippen LogP contribution in [0.3, 0.4) is 0 Å². The van der Waals surface area contributed by atoms with Crippen LogP contribution in [0.15, 0.2) is 115 Å². The number of rotatable bonds is 3. The van der Waals surface area contributed by atoms with Crippen LogP contribution in [0.4, 0.5) is 0 Å². The fourth-order valence-corrected chi connectivity index (χ4v) is 7.01. The van der Waals surface area contributed by atoms with Gasteiger partial charge in [-0.05, 0) is 104 Å². The Labute approximate surface area is 573 Å². The molecule has 0 spiro atoms. The van der Waals surface area contributed by atoms with Gasteiger partial charge in [0.05, 0.1) is 0 Å². The summed E-state index contributed by atoms with van der Waals surface area (Å²) in [5.74, 6) is 0. The molecule has 4 nitrogen and oxygen atoms in total. The van der Waals surface area contributed by atoms with E-state index in [0.29, 0.717) is 0 Å². The van der Waals surface area contributed by atoms with E-state index in [2.05, 4.69) is 107 Å². The zero-order valence-electron chi connectivity index (χ0n) is 40.5. The second-order valence-corrected chi connectivity index (χ2v) is 12.6. The first-order valence-electron chi connectivity index (χ1n) is 20.6. The topological polar surface area (TPSA) is 52.6 Å². The molecule has 0 aliphatic heterocycles. The minimum atomic E-state index is 0.